The Balaban J connectivity index is 1.53. The molecule has 7 heteroatoms. The van der Waals surface area contributed by atoms with E-state index in [9.17, 15) is 4.79 Å². The van der Waals surface area contributed by atoms with Crippen molar-refractivity contribution >= 4 is 6.09 Å². The molecule has 134 valence electrons. The molecule has 1 fully saturated rings. The first kappa shape index (κ1) is 17.2. The van der Waals surface area contributed by atoms with E-state index in [1.807, 2.05) is 37.3 Å². The summed E-state index contributed by atoms with van der Waals surface area (Å²) in [7, 11) is 0. The molecule has 2 aliphatic heterocycles. The van der Waals surface area contributed by atoms with Crippen LogP contribution < -0.4 is 5.32 Å². The third kappa shape index (κ3) is 4.26. The van der Waals surface area contributed by atoms with Gasteiger partial charge in [0, 0.05) is 31.6 Å². The predicted molar refractivity (Wildman–Crippen MR) is 90.8 cm³/mol. The Bertz CT molecular complexity index is 592. The molecule has 7 nitrogen and oxygen atoms in total. The molecular weight excluding hydrogens is 306 g/mol. The van der Waals surface area contributed by atoms with Gasteiger partial charge in [-0.3, -0.25) is 0 Å². The molecule has 0 aromatic carbocycles. The third-order valence-electron chi connectivity index (χ3n) is 4.51. The number of rotatable bonds is 2. The Kier molecular flexibility index (Phi) is 4.80. The van der Waals surface area contributed by atoms with Crippen LogP contribution in [0.2, 0.25) is 0 Å². The summed E-state index contributed by atoms with van der Waals surface area (Å²) in [5, 5.41) is 8.18. The van der Waals surface area contributed by atoms with Gasteiger partial charge in [-0.2, -0.15) is 5.10 Å². The highest BCUT2D eigenvalue weighted by molar-refractivity contribution is 5.68. The van der Waals surface area contributed by atoms with Gasteiger partial charge >= 0.3 is 6.09 Å². The van der Waals surface area contributed by atoms with E-state index in [1.165, 1.54) is 0 Å². The van der Waals surface area contributed by atoms with Crippen LogP contribution in [0.25, 0.3) is 0 Å². The number of aryl methyl sites for hydroxylation is 2. The van der Waals surface area contributed by atoms with Crippen molar-refractivity contribution in [2.24, 2.45) is 0 Å². The maximum atomic E-state index is 12.3. The molecule has 3 rings (SSSR count). The van der Waals surface area contributed by atoms with Crippen molar-refractivity contribution in [3.05, 3.63) is 11.6 Å². The van der Waals surface area contributed by atoms with E-state index in [1.54, 1.807) is 0 Å². The SMILES string of the molecule is Cc1nc2n(n1)C[C@@H](N[C@H]1CCCN(C(=O)OC(C)(C)C)C1)CC2. The number of hydrogen-bond donors (Lipinski definition) is 1. The predicted octanol–water partition coefficient (Wildman–Crippen LogP) is 1.89. The fourth-order valence-corrected chi connectivity index (χ4v) is 3.51. The lowest BCUT2D eigenvalue weighted by Crippen LogP contribution is -2.53. The lowest BCUT2D eigenvalue weighted by Gasteiger charge is -2.36. The molecule has 0 bridgehead atoms. The van der Waals surface area contributed by atoms with Crippen LogP contribution in [0.4, 0.5) is 4.79 Å². The van der Waals surface area contributed by atoms with Crippen molar-refractivity contribution in [1.82, 2.24) is 25.0 Å². The van der Waals surface area contributed by atoms with Gasteiger partial charge in [0.25, 0.3) is 0 Å². The standard InChI is InChI=1S/C17H29N5O2/c1-12-18-15-8-7-14(11-22(15)20-12)19-13-6-5-9-21(10-13)16(23)24-17(2,3)4/h13-14,19H,5-11H2,1-4H3/t13-,14-/m0/s1. The normalized spacial score (nSPS) is 24.6. The fraction of sp³-hybridized carbons (Fsp3) is 0.824. The van der Waals surface area contributed by atoms with Gasteiger partial charge in [-0.15, -0.1) is 0 Å². The van der Waals surface area contributed by atoms with Crippen molar-refractivity contribution < 1.29 is 9.53 Å². The van der Waals surface area contributed by atoms with Crippen LogP contribution in [0.5, 0.6) is 0 Å². The quantitative estimate of drug-likeness (QED) is 0.893. The summed E-state index contributed by atoms with van der Waals surface area (Å²) in [6, 6.07) is 0.713. The molecular formula is C17H29N5O2. The number of nitrogens with one attached hydrogen (secondary N) is 1. The number of nitrogens with zero attached hydrogens (tertiary/aromatic N) is 4. The average Bonchev–Trinajstić information content (AvgIpc) is 2.85. The van der Waals surface area contributed by atoms with Crippen molar-refractivity contribution in [2.45, 2.75) is 77.6 Å². The van der Waals surface area contributed by atoms with Crippen LogP contribution in [0.15, 0.2) is 0 Å². The van der Waals surface area contributed by atoms with Gasteiger partial charge in [-0.05, 0) is 47.0 Å². The fourth-order valence-electron chi connectivity index (χ4n) is 3.51. The van der Waals surface area contributed by atoms with Gasteiger partial charge < -0.3 is 15.0 Å². The maximum absolute atomic E-state index is 12.3. The Hall–Kier alpha value is -1.63. The van der Waals surface area contributed by atoms with E-state index in [0.29, 0.717) is 18.6 Å². The zero-order valence-corrected chi connectivity index (χ0v) is 15.2. The molecule has 1 amide bonds. The average molecular weight is 335 g/mol. The van der Waals surface area contributed by atoms with Crippen molar-refractivity contribution in [1.29, 1.82) is 0 Å². The summed E-state index contributed by atoms with van der Waals surface area (Å²) in [6.07, 6.45) is 3.94. The van der Waals surface area contributed by atoms with Crippen LogP contribution in [-0.2, 0) is 17.7 Å². The first-order chi connectivity index (χ1) is 11.3. The van der Waals surface area contributed by atoms with E-state index in [4.69, 9.17) is 4.74 Å². The van der Waals surface area contributed by atoms with Crippen molar-refractivity contribution in [3.63, 3.8) is 0 Å². The van der Waals surface area contributed by atoms with Gasteiger partial charge in [0.1, 0.15) is 17.2 Å². The van der Waals surface area contributed by atoms with Crippen LogP contribution in [0, 0.1) is 6.92 Å². The molecule has 0 aliphatic carbocycles. The Labute approximate surface area is 143 Å². The topological polar surface area (TPSA) is 72.3 Å². The van der Waals surface area contributed by atoms with Crippen LogP contribution in [-0.4, -0.2) is 56.5 Å². The number of hydrogen-bond acceptors (Lipinski definition) is 5. The van der Waals surface area contributed by atoms with Crippen LogP contribution in [0.3, 0.4) is 0 Å². The smallest absolute Gasteiger partial charge is 0.410 e. The molecule has 24 heavy (non-hydrogen) atoms. The van der Waals surface area contributed by atoms with E-state index in [2.05, 4.69) is 15.4 Å². The molecule has 0 unspecified atom stereocenters. The number of carbonyl (C=O) groups is 1. The van der Waals surface area contributed by atoms with E-state index >= 15 is 0 Å². The molecule has 0 radical (unpaired) electrons. The van der Waals surface area contributed by atoms with Gasteiger partial charge in [0.15, 0.2) is 0 Å². The minimum absolute atomic E-state index is 0.202. The minimum Gasteiger partial charge on any atom is -0.444 e. The van der Waals surface area contributed by atoms with Gasteiger partial charge in [0.05, 0.1) is 6.54 Å². The van der Waals surface area contributed by atoms with E-state index in [-0.39, 0.29) is 6.09 Å². The molecule has 3 heterocycles. The molecule has 2 atom stereocenters. The van der Waals surface area contributed by atoms with Gasteiger partial charge in [-0.1, -0.05) is 0 Å². The molecule has 2 aliphatic rings. The van der Waals surface area contributed by atoms with Crippen molar-refractivity contribution in [3.8, 4) is 0 Å². The Morgan fingerprint density at radius 2 is 2.00 bits per heavy atom. The zero-order chi connectivity index (χ0) is 17.3. The minimum atomic E-state index is -0.442. The summed E-state index contributed by atoms with van der Waals surface area (Å²) in [5.74, 6) is 1.93. The molecule has 1 N–H and O–H groups in total. The molecule has 0 saturated carbocycles. The van der Waals surface area contributed by atoms with Crippen LogP contribution in [0.1, 0.15) is 51.7 Å². The van der Waals surface area contributed by atoms with Crippen molar-refractivity contribution in [2.75, 3.05) is 13.1 Å². The maximum Gasteiger partial charge on any atom is 0.410 e. The number of piperidine rings is 1. The zero-order valence-electron chi connectivity index (χ0n) is 15.2. The summed E-state index contributed by atoms with van der Waals surface area (Å²) in [5.41, 5.74) is -0.442. The highest BCUT2D eigenvalue weighted by Crippen LogP contribution is 2.18. The largest absolute Gasteiger partial charge is 0.444 e. The summed E-state index contributed by atoms with van der Waals surface area (Å²) in [6.45, 7) is 10.0. The van der Waals surface area contributed by atoms with Gasteiger partial charge in [-0.25, -0.2) is 14.5 Å². The second kappa shape index (κ2) is 6.70. The second-order valence-corrected chi connectivity index (χ2v) is 7.93. The van der Waals surface area contributed by atoms with Gasteiger partial charge in [0.2, 0.25) is 0 Å². The number of fused-ring (bicyclic) bond motifs is 1. The lowest BCUT2D eigenvalue weighted by molar-refractivity contribution is 0.0181. The number of carbonyl (C=O) groups excluding carboxylic acids is 1. The first-order valence-electron chi connectivity index (χ1n) is 8.94. The highest BCUT2D eigenvalue weighted by Gasteiger charge is 2.30. The summed E-state index contributed by atoms with van der Waals surface area (Å²) < 4.78 is 7.52. The van der Waals surface area contributed by atoms with E-state index in [0.717, 1.165) is 50.4 Å². The molecule has 0 spiro atoms. The van der Waals surface area contributed by atoms with E-state index < -0.39 is 5.60 Å². The molecule has 1 saturated heterocycles. The first-order valence-corrected chi connectivity index (χ1v) is 8.94. The summed E-state index contributed by atoms with van der Waals surface area (Å²) >= 11 is 0. The number of aromatic nitrogens is 3. The Morgan fingerprint density at radius 1 is 1.25 bits per heavy atom. The number of likely N-dealkylation sites (tertiary alicyclic amines) is 1. The summed E-state index contributed by atoms with van der Waals surface area (Å²) in [4.78, 5) is 18.6. The molecule has 1 aromatic heterocycles. The highest BCUT2D eigenvalue weighted by atomic mass is 16.6. The monoisotopic (exact) mass is 335 g/mol. The lowest BCUT2D eigenvalue weighted by atomic mass is 10.0. The Morgan fingerprint density at radius 3 is 2.75 bits per heavy atom. The number of amides is 1. The molecule has 1 aromatic rings. The second-order valence-electron chi connectivity index (χ2n) is 7.93. The third-order valence-corrected chi connectivity index (χ3v) is 4.51. The number of ether oxygens (including phenoxy) is 1. The van der Waals surface area contributed by atoms with Crippen LogP contribution >= 0.6 is 0 Å².